The molecule has 1 atom stereocenters. The van der Waals surface area contributed by atoms with Crippen LogP contribution >= 0.6 is 0 Å². The lowest BCUT2D eigenvalue weighted by molar-refractivity contribution is -0.120. The molecule has 2 N–H and O–H groups in total. The Kier molecular flexibility index (Phi) is 4.29. The number of rotatable bonds is 5. The van der Waals surface area contributed by atoms with Gasteiger partial charge in [-0.3, -0.25) is 4.79 Å². The Morgan fingerprint density at radius 3 is 2.65 bits per heavy atom. The van der Waals surface area contributed by atoms with E-state index in [0.29, 0.717) is 6.04 Å². The van der Waals surface area contributed by atoms with E-state index in [1.807, 2.05) is 18.3 Å². The number of amides is 1. The molecule has 1 aliphatic heterocycles. The van der Waals surface area contributed by atoms with Crippen molar-refractivity contribution < 1.29 is 9.53 Å². The summed E-state index contributed by atoms with van der Waals surface area (Å²) in [5, 5.41) is 0. The molecule has 134 valence electrons. The van der Waals surface area contributed by atoms with Gasteiger partial charge in [0.1, 0.15) is 5.75 Å². The molecular weight excluding hydrogens is 326 g/mol. The quantitative estimate of drug-likeness (QED) is 0.901. The molecule has 26 heavy (non-hydrogen) atoms. The lowest BCUT2D eigenvalue weighted by Crippen LogP contribution is -2.35. The van der Waals surface area contributed by atoms with E-state index in [-0.39, 0.29) is 18.6 Å². The van der Waals surface area contributed by atoms with Gasteiger partial charge in [0.05, 0.1) is 11.7 Å². The second-order valence-electron chi connectivity index (χ2n) is 6.80. The van der Waals surface area contributed by atoms with E-state index in [1.54, 1.807) is 18.1 Å². The van der Waals surface area contributed by atoms with Gasteiger partial charge < -0.3 is 20.3 Å². The van der Waals surface area contributed by atoms with Crippen molar-refractivity contribution >= 4 is 11.6 Å². The summed E-state index contributed by atoms with van der Waals surface area (Å²) in [6.07, 6.45) is 5.93. The van der Waals surface area contributed by atoms with Crippen LogP contribution < -0.4 is 15.4 Å². The van der Waals surface area contributed by atoms with Crippen LogP contribution in [0.5, 0.6) is 5.75 Å². The second-order valence-corrected chi connectivity index (χ2v) is 6.80. The summed E-state index contributed by atoms with van der Waals surface area (Å²) in [4.78, 5) is 15.8. The van der Waals surface area contributed by atoms with Crippen molar-refractivity contribution in [2.75, 3.05) is 18.6 Å². The van der Waals surface area contributed by atoms with Crippen LogP contribution in [-0.4, -0.2) is 30.5 Å². The number of hydrogen-bond donors (Lipinski definition) is 1. The minimum absolute atomic E-state index is 0.0319. The highest BCUT2D eigenvalue weighted by Crippen LogP contribution is 2.41. The Labute approximate surface area is 153 Å². The Bertz CT molecular complexity index is 830. The lowest BCUT2D eigenvalue weighted by atomic mass is 9.96. The molecule has 0 saturated heterocycles. The average Bonchev–Trinajstić information content (AvgIpc) is 3.50. The Morgan fingerprint density at radius 2 is 1.96 bits per heavy atom. The molecule has 1 aliphatic carbocycles. The fourth-order valence-electron chi connectivity index (χ4n) is 3.53. The van der Waals surface area contributed by atoms with Crippen molar-refractivity contribution in [3.05, 3.63) is 72.1 Å². The molecule has 1 saturated carbocycles. The van der Waals surface area contributed by atoms with Crippen molar-refractivity contribution in [1.29, 1.82) is 0 Å². The normalized spacial score (nSPS) is 17.7. The largest absolute Gasteiger partial charge is 0.482 e. The summed E-state index contributed by atoms with van der Waals surface area (Å²) in [5.41, 5.74) is 8.89. The van der Waals surface area contributed by atoms with E-state index < -0.39 is 0 Å². The Balaban J connectivity index is 1.78. The number of nitrogens with zero attached hydrogens (tertiary/aromatic N) is 2. The number of likely N-dealkylation sites (N-methyl/N-ethyl adjacent to an activating group) is 1. The molecule has 1 amide bonds. The zero-order valence-corrected chi connectivity index (χ0v) is 14.8. The van der Waals surface area contributed by atoms with Gasteiger partial charge in [-0.1, -0.05) is 36.4 Å². The minimum atomic E-state index is -0.0319. The Hall–Kier alpha value is -2.95. The SMILES string of the molecule is CN1C(=O)COc2cc(C(c3ccccc3)N(/C=C\N)C3CC3)ccc21. The summed E-state index contributed by atoms with van der Waals surface area (Å²) in [6, 6.07) is 17.1. The third-order valence-corrected chi connectivity index (χ3v) is 5.03. The van der Waals surface area contributed by atoms with Gasteiger partial charge in [0.25, 0.3) is 5.91 Å². The third kappa shape index (κ3) is 3.01. The lowest BCUT2D eigenvalue weighted by Gasteiger charge is -2.33. The van der Waals surface area contributed by atoms with E-state index in [4.69, 9.17) is 10.5 Å². The van der Waals surface area contributed by atoms with Gasteiger partial charge in [0.15, 0.2) is 6.61 Å². The van der Waals surface area contributed by atoms with Gasteiger partial charge in [-0.25, -0.2) is 0 Å². The summed E-state index contributed by atoms with van der Waals surface area (Å²) in [7, 11) is 1.78. The number of carbonyl (C=O) groups is 1. The molecule has 2 aromatic rings. The molecule has 4 rings (SSSR count). The van der Waals surface area contributed by atoms with Crippen molar-refractivity contribution in [2.45, 2.75) is 24.9 Å². The first kappa shape index (κ1) is 16.5. The van der Waals surface area contributed by atoms with E-state index in [0.717, 1.165) is 17.0 Å². The smallest absolute Gasteiger partial charge is 0.264 e. The zero-order chi connectivity index (χ0) is 18.1. The highest BCUT2D eigenvalue weighted by atomic mass is 16.5. The number of nitrogens with two attached hydrogens (primary N) is 1. The minimum Gasteiger partial charge on any atom is -0.482 e. The van der Waals surface area contributed by atoms with E-state index >= 15 is 0 Å². The van der Waals surface area contributed by atoms with Gasteiger partial charge in [-0.2, -0.15) is 0 Å². The van der Waals surface area contributed by atoms with Crippen molar-refractivity contribution in [2.24, 2.45) is 5.73 Å². The van der Waals surface area contributed by atoms with Crippen molar-refractivity contribution in [3.8, 4) is 5.75 Å². The van der Waals surface area contributed by atoms with Crippen molar-refractivity contribution in [1.82, 2.24) is 4.90 Å². The van der Waals surface area contributed by atoms with Gasteiger partial charge in [-0.05, 0) is 36.1 Å². The van der Waals surface area contributed by atoms with Gasteiger partial charge in [-0.15, -0.1) is 0 Å². The van der Waals surface area contributed by atoms with Crippen LogP contribution in [0.2, 0.25) is 0 Å². The van der Waals surface area contributed by atoms with Crippen LogP contribution in [0.1, 0.15) is 30.0 Å². The molecule has 1 fully saturated rings. The standard InChI is InChI=1S/C21H23N3O2/c1-23-18-10-7-16(13-19(18)26-14-20(23)25)21(15-5-3-2-4-6-15)24(12-11-22)17-8-9-17/h2-7,10-13,17,21H,8-9,14,22H2,1H3/b12-11-. The van der Waals surface area contributed by atoms with Gasteiger partial charge >= 0.3 is 0 Å². The molecule has 0 radical (unpaired) electrons. The summed E-state index contributed by atoms with van der Waals surface area (Å²) < 4.78 is 5.70. The summed E-state index contributed by atoms with van der Waals surface area (Å²) >= 11 is 0. The number of ether oxygens (including phenoxy) is 1. The topological polar surface area (TPSA) is 58.8 Å². The maximum atomic E-state index is 11.9. The third-order valence-electron chi connectivity index (χ3n) is 5.03. The summed E-state index contributed by atoms with van der Waals surface area (Å²) in [5.74, 6) is 0.716. The number of hydrogen-bond acceptors (Lipinski definition) is 4. The van der Waals surface area contributed by atoms with Gasteiger partial charge in [0.2, 0.25) is 0 Å². The molecule has 0 bridgehead atoms. The van der Waals surface area contributed by atoms with Crippen LogP contribution in [0, 0.1) is 0 Å². The highest BCUT2D eigenvalue weighted by Gasteiger charge is 2.34. The predicted octanol–water partition coefficient (Wildman–Crippen LogP) is 3.03. The van der Waals surface area contributed by atoms with Crippen LogP contribution in [-0.2, 0) is 4.79 Å². The number of fused-ring (bicyclic) bond motifs is 1. The maximum absolute atomic E-state index is 11.9. The fourth-order valence-corrected chi connectivity index (χ4v) is 3.53. The average molecular weight is 349 g/mol. The molecule has 0 spiro atoms. The van der Waals surface area contributed by atoms with Crippen molar-refractivity contribution in [3.63, 3.8) is 0 Å². The zero-order valence-electron chi connectivity index (χ0n) is 14.8. The molecule has 2 aliphatic rings. The molecule has 1 heterocycles. The molecule has 1 unspecified atom stereocenters. The first-order valence-electron chi connectivity index (χ1n) is 8.93. The molecular formula is C21H23N3O2. The van der Waals surface area contributed by atoms with E-state index in [9.17, 15) is 4.79 Å². The first-order valence-corrected chi connectivity index (χ1v) is 8.93. The molecule has 0 aromatic heterocycles. The predicted molar refractivity (Wildman–Crippen MR) is 102 cm³/mol. The van der Waals surface area contributed by atoms with Crippen LogP contribution in [0.3, 0.4) is 0 Å². The first-order chi connectivity index (χ1) is 12.7. The second kappa shape index (κ2) is 6.75. The summed E-state index contributed by atoms with van der Waals surface area (Å²) in [6.45, 7) is 0.0813. The highest BCUT2D eigenvalue weighted by molar-refractivity contribution is 5.97. The van der Waals surface area contributed by atoms with Crippen LogP contribution in [0.25, 0.3) is 0 Å². The van der Waals surface area contributed by atoms with Crippen LogP contribution in [0.15, 0.2) is 60.9 Å². The molecule has 5 heteroatoms. The fraction of sp³-hybridized carbons (Fsp3) is 0.286. The monoisotopic (exact) mass is 349 g/mol. The number of benzene rings is 2. The molecule has 5 nitrogen and oxygen atoms in total. The maximum Gasteiger partial charge on any atom is 0.264 e. The molecule has 2 aromatic carbocycles. The van der Waals surface area contributed by atoms with E-state index in [2.05, 4.69) is 41.3 Å². The van der Waals surface area contributed by atoms with E-state index in [1.165, 1.54) is 18.4 Å². The number of carbonyl (C=O) groups excluding carboxylic acids is 1. The van der Waals surface area contributed by atoms with Gasteiger partial charge in [0, 0.05) is 25.5 Å². The Morgan fingerprint density at radius 1 is 1.19 bits per heavy atom. The number of anilines is 1. The van der Waals surface area contributed by atoms with Crippen LogP contribution in [0.4, 0.5) is 5.69 Å².